The monoisotopic (exact) mass is 285 g/mol. The van der Waals surface area contributed by atoms with Crippen molar-refractivity contribution < 1.29 is 0 Å². The fourth-order valence-electron chi connectivity index (χ4n) is 2.38. The summed E-state index contributed by atoms with van der Waals surface area (Å²) in [6, 6.07) is 17.7. The maximum atomic E-state index is 3.61. The Morgan fingerprint density at radius 3 is 2.50 bits per heavy atom. The minimum absolute atomic E-state index is 0.409. The summed E-state index contributed by atoms with van der Waals surface area (Å²) in [5.41, 5.74) is 4.11. The highest BCUT2D eigenvalue weighted by Crippen LogP contribution is 2.19. The molecule has 0 saturated heterocycles. The Balaban J connectivity index is 1.79. The third-order valence-electron chi connectivity index (χ3n) is 3.46. The van der Waals surface area contributed by atoms with Crippen molar-refractivity contribution >= 4 is 11.8 Å². The molecule has 1 unspecified atom stereocenters. The smallest absolute Gasteiger partial charge is 0.0294 e. The Hall–Kier alpha value is -1.25. The van der Waals surface area contributed by atoms with E-state index >= 15 is 0 Å². The van der Waals surface area contributed by atoms with Crippen LogP contribution in [0.5, 0.6) is 0 Å². The normalized spacial score (nSPS) is 12.3. The Morgan fingerprint density at radius 1 is 1.05 bits per heavy atom. The van der Waals surface area contributed by atoms with Gasteiger partial charge in [-0.25, -0.2) is 0 Å². The summed E-state index contributed by atoms with van der Waals surface area (Å²) in [5, 5.41) is 3.61. The first-order valence-electron chi connectivity index (χ1n) is 7.15. The number of hydrogen-bond acceptors (Lipinski definition) is 2. The molecule has 0 radical (unpaired) electrons. The molecule has 1 N–H and O–H groups in total. The van der Waals surface area contributed by atoms with Gasteiger partial charge in [-0.15, -0.1) is 11.8 Å². The van der Waals surface area contributed by atoms with Crippen molar-refractivity contribution in [1.82, 2.24) is 5.32 Å². The van der Waals surface area contributed by atoms with Gasteiger partial charge < -0.3 is 5.32 Å². The summed E-state index contributed by atoms with van der Waals surface area (Å²) in [4.78, 5) is 1.34. The van der Waals surface area contributed by atoms with Crippen LogP contribution in [0, 0.1) is 13.8 Å². The van der Waals surface area contributed by atoms with E-state index in [9.17, 15) is 0 Å². The number of aryl methyl sites for hydroxylation is 2. The van der Waals surface area contributed by atoms with Gasteiger partial charge in [-0.05, 0) is 44.0 Å². The van der Waals surface area contributed by atoms with E-state index in [0.717, 1.165) is 12.3 Å². The minimum atomic E-state index is 0.409. The lowest BCUT2D eigenvalue weighted by molar-refractivity contribution is 0.598. The SMILES string of the molecule is Cc1ccc(C(C)NCCSc2ccccc2)c(C)c1. The topological polar surface area (TPSA) is 12.0 Å². The molecule has 1 atom stereocenters. The molecule has 106 valence electrons. The van der Waals surface area contributed by atoms with Crippen molar-refractivity contribution in [3.8, 4) is 0 Å². The van der Waals surface area contributed by atoms with E-state index in [-0.39, 0.29) is 0 Å². The molecule has 2 rings (SSSR count). The lowest BCUT2D eigenvalue weighted by Gasteiger charge is -2.17. The van der Waals surface area contributed by atoms with Crippen LogP contribution in [0.2, 0.25) is 0 Å². The molecule has 0 aliphatic carbocycles. The van der Waals surface area contributed by atoms with Crippen LogP contribution in [0.3, 0.4) is 0 Å². The fraction of sp³-hybridized carbons (Fsp3) is 0.333. The number of nitrogens with one attached hydrogen (secondary N) is 1. The van der Waals surface area contributed by atoms with Crippen LogP contribution in [-0.2, 0) is 0 Å². The van der Waals surface area contributed by atoms with Crippen LogP contribution in [-0.4, -0.2) is 12.3 Å². The molecule has 0 aromatic heterocycles. The second-order valence-corrected chi connectivity index (χ2v) is 6.37. The Kier molecular flexibility index (Phi) is 5.69. The summed E-state index contributed by atoms with van der Waals surface area (Å²) in [6.45, 7) is 7.60. The number of hydrogen-bond donors (Lipinski definition) is 1. The van der Waals surface area contributed by atoms with Gasteiger partial charge in [0, 0.05) is 23.2 Å². The summed E-state index contributed by atoms with van der Waals surface area (Å²) >= 11 is 1.90. The first kappa shape index (κ1) is 15.1. The molecular formula is C18H23NS. The predicted molar refractivity (Wildman–Crippen MR) is 89.5 cm³/mol. The van der Waals surface area contributed by atoms with Crippen molar-refractivity contribution in [3.05, 3.63) is 65.2 Å². The van der Waals surface area contributed by atoms with Crippen LogP contribution < -0.4 is 5.32 Å². The van der Waals surface area contributed by atoms with Crippen molar-refractivity contribution in [1.29, 1.82) is 0 Å². The highest BCUT2D eigenvalue weighted by atomic mass is 32.2. The van der Waals surface area contributed by atoms with Crippen LogP contribution in [0.15, 0.2) is 53.4 Å². The Bertz CT molecular complexity index is 536. The van der Waals surface area contributed by atoms with Crippen LogP contribution in [0.4, 0.5) is 0 Å². The van der Waals surface area contributed by atoms with Gasteiger partial charge in [-0.3, -0.25) is 0 Å². The van der Waals surface area contributed by atoms with Crippen molar-refractivity contribution in [2.24, 2.45) is 0 Å². The second kappa shape index (κ2) is 7.51. The van der Waals surface area contributed by atoms with Crippen molar-refractivity contribution in [2.75, 3.05) is 12.3 Å². The van der Waals surface area contributed by atoms with E-state index in [2.05, 4.69) is 74.6 Å². The molecule has 0 amide bonds. The first-order valence-corrected chi connectivity index (χ1v) is 8.14. The van der Waals surface area contributed by atoms with Gasteiger partial charge in [-0.1, -0.05) is 42.0 Å². The van der Waals surface area contributed by atoms with Crippen molar-refractivity contribution in [2.45, 2.75) is 31.7 Å². The van der Waals surface area contributed by atoms with Gasteiger partial charge in [0.1, 0.15) is 0 Å². The molecule has 0 aliphatic rings. The standard InChI is InChI=1S/C18H23NS/c1-14-9-10-18(15(2)13-14)16(3)19-11-12-20-17-7-5-4-6-8-17/h4-10,13,16,19H,11-12H2,1-3H3. The van der Waals surface area contributed by atoms with Gasteiger partial charge >= 0.3 is 0 Å². The third-order valence-corrected chi connectivity index (χ3v) is 4.47. The molecule has 0 spiro atoms. The molecule has 0 fully saturated rings. The molecule has 2 aromatic rings. The van der Waals surface area contributed by atoms with E-state index in [1.54, 1.807) is 0 Å². The Morgan fingerprint density at radius 2 is 1.80 bits per heavy atom. The average Bonchev–Trinajstić information content (AvgIpc) is 2.44. The maximum absolute atomic E-state index is 3.61. The number of benzene rings is 2. The van der Waals surface area contributed by atoms with Gasteiger partial charge in [0.25, 0.3) is 0 Å². The molecule has 0 heterocycles. The maximum Gasteiger partial charge on any atom is 0.0294 e. The van der Waals surface area contributed by atoms with E-state index < -0.39 is 0 Å². The summed E-state index contributed by atoms with van der Waals surface area (Å²) < 4.78 is 0. The van der Waals surface area contributed by atoms with E-state index in [1.165, 1.54) is 21.6 Å². The zero-order chi connectivity index (χ0) is 14.4. The molecule has 20 heavy (non-hydrogen) atoms. The Labute approximate surface area is 126 Å². The second-order valence-electron chi connectivity index (χ2n) is 5.20. The highest BCUT2D eigenvalue weighted by Gasteiger charge is 2.07. The van der Waals surface area contributed by atoms with Crippen LogP contribution in [0.1, 0.15) is 29.7 Å². The van der Waals surface area contributed by atoms with E-state index in [4.69, 9.17) is 0 Å². The highest BCUT2D eigenvalue weighted by molar-refractivity contribution is 7.99. The molecule has 2 aromatic carbocycles. The molecule has 2 heteroatoms. The largest absolute Gasteiger partial charge is 0.309 e. The quantitative estimate of drug-likeness (QED) is 0.607. The van der Waals surface area contributed by atoms with E-state index in [0.29, 0.717) is 6.04 Å². The average molecular weight is 285 g/mol. The zero-order valence-electron chi connectivity index (χ0n) is 12.5. The van der Waals surface area contributed by atoms with Gasteiger partial charge in [0.2, 0.25) is 0 Å². The van der Waals surface area contributed by atoms with Crippen LogP contribution >= 0.6 is 11.8 Å². The molecule has 0 saturated carbocycles. The van der Waals surface area contributed by atoms with Gasteiger partial charge in [0.05, 0.1) is 0 Å². The van der Waals surface area contributed by atoms with Crippen LogP contribution in [0.25, 0.3) is 0 Å². The predicted octanol–water partition coefficient (Wildman–Crippen LogP) is 4.75. The zero-order valence-corrected chi connectivity index (χ0v) is 13.3. The first-order chi connectivity index (χ1) is 9.66. The summed E-state index contributed by atoms with van der Waals surface area (Å²) in [6.07, 6.45) is 0. The van der Waals surface area contributed by atoms with Gasteiger partial charge in [-0.2, -0.15) is 0 Å². The molecular weight excluding hydrogens is 262 g/mol. The summed E-state index contributed by atoms with van der Waals surface area (Å²) in [5.74, 6) is 1.10. The number of rotatable bonds is 6. The van der Waals surface area contributed by atoms with Crippen molar-refractivity contribution in [3.63, 3.8) is 0 Å². The molecule has 0 aliphatic heterocycles. The molecule has 1 nitrogen and oxygen atoms in total. The fourth-order valence-corrected chi connectivity index (χ4v) is 3.19. The summed E-state index contributed by atoms with van der Waals surface area (Å²) in [7, 11) is 0. The lowest BCUT2D eigenvalue weighted by atomic mass is 10.0. The molecule has 0 bridgehead atoms. The van der Waals surface area contributed by atoms with E-state index in [1.807, 2.05) is 11.8 Å². The minimum Gasteiger partial charge on any atom is -0.309 e. The lowest BCUT2D eigenvalue weighted by Crippen LogP contribution is -2.22. The van der Waals surface area contributed by atoms with Gasteiger partial charge in [0.15, 0.2) is 0 Å². The number of thioether (sulfide) groups is 1. The third kappa shape index (κ3) is 4.39.